The molecule has 0 aliphatic heterocycles. The zero-order chi connectivity index (χ0) is 19.2. The van der Waals surface area contributed by atoms with Crippen LogP contribution in [-0.4, -0.2) is 50.1 Å². The van der Waals surface area contributed by atoms with Gasteiger partial charge in [-0.15, -0.1) is 5.10 Å². The molecule has 0 bridgehead atoms. The third-order valence-corrected chi connectivity index (χ3v) is 3.73. The molecule has 1 atom stereocenters. The molecule has 27 heavy (non-hydrogen) atoms. The number of hydrogen-bond donors (Lipinski definition) is 2. The van der Waals surface area contributed by atoms with Crippen molar-refractivity contribution in [3.8, 4) is 5.69 Å². The van der Waals surface area contributed by atoms with Gasteiger partial charge in [0.25, 0.3) is 0 Å². The number of nitrogens with one attached hydrogen (secondary N) is 2. The first-order chi connectivity index (χ1) is 13.1. The summed E-state index contributed by atoms with van der Waals surface area (Å²) in [4.78, 5) is 16.4. The number of benzene rings is 1. The number of ether oxygens (including phenoxy) is 1. The molecule has 2 N–H and O–H groups in total. The molecule has 0 aliphatic carbocycles. The van der Waals surface area contributed by atoms with E-state index in [9.17, 15) is 4.79 Å². The summed E-state index contributed by atoms with van der Waals surface area (Å²) in [6.45, 7) is 4.07. The predicted octanol–water partition coefficient (Wildman–Crippen LogP) is 1.43. The maximum atomic E-state index is 12.2. The van der Waals surface area contributed by atoms with E-state index in [1.54, 1.807) is 37.8 Å². The molecule has 2 aromatic heterocycles. The lowest BCUT2D eigenvalue weighted by Gasteiger charge is -2.11. The standard InChI is InChI=1S/C16H20N8O3/c1-10(15-19-14(21-27-15)8-9-26-3)17-16(25)18-12-4-6-13(7-5-12)24-11(2)20-22-23-24/h4-7,10H,8-9H2,1-3H3,(H2,17,18,25)/t10-/m0/s1. The summed E-state index contributed by atoms with van der Waals surface area (Å²) in [5, 5.41) is 20.7. The molecule has 0 radical (unpaired) electrons. The van der Waals surface area contributed by atoms with Crippen molar-refractivity contribution in [2.75, 3.05) is 19.0 Å². The minimum atomic E-state index is -0.433. The number of hydrogen-bond acceptors (Lipinski definition) is 8. The first-order valence-corrected chi connectivity index (χ1v) is 8.31. The Balaban J connectivity index is 1.55. The van der Waals surface area contributed by atoms with Crippen molar-refractivity contribution in [2.24, 2.45) is 0 Å². The van der Waals surface area contributed by atoms with Gasteiger partial charge in [0.15, 0.2) is 11.6 Å². The SMILES string of the molecule is COCCc1noc([C@H](C)NC(=O)Nc2ccc(-n3nnnc3C)cc2)n1. The number of nitrogens with zero attached hydrogens (tertiary/aromatic N) is 6. The van der Waals surface area contributed by atoms with Gasteiger partial charge in [0.1, 0.15) is 6.04 Å². The van der Waals surface area contributed by atoms with Crippen LogP contribution in [-0.2, 0) is 11.2 Å². The highest BCUT2D eigenvalue weighted by atomic mass is 16.5. The van der Waals surface area contributed by atoms with E-state index in [2.05, 4.69) is 36.3 Å². The number of aromatic nitrogens is 6. The number of anilines is 1. The Morgan fingerprint density at radius 3 is 2.78 bits per heavy atom. The molecule has 1 aromatic carbocycles. The summed E-state index contributed by atoms with van der Waals surface area (Å²) in [7, 11) is 1.60. The number of aryl methyl sites for hydroxylation is 1. The van der Waals surface area contributed by atoms with E-state index >= 15 is 0 Å². The lowest BCUT2D eigenvalue weighted by molar-refractivity contribution is 0.199. The third kappa shape index (κ3) is 4.64. The van der Waals surface area contributed by atoms with Gasteiger partial charge in [-0.25, -0.2) is 4.79 Å². The molecule has 0 unspecified atom stereocenters. The van der Waals surface area contributed by atoms with Crippen molar-refractivity contribution in [3.05, 3.63) is 41.8 Å². The van der Waals surface area contributed by atoms with E-state index in [0.29, 0.717) is 36.3 Å². The van der Waals surface area contributed by atoms with Crippen molar-refractivity contribution < 1.29 is 14.1 Å². The summed E-state index contributed by atoms with van der Waals surface area (Å²) in [6, 6.07) is 6.32. The van der Waals surface area contributed by atoms with Crippen LogP contribution in [0.5, 0.6) is 0 Å². The van der Waals surface area contributed by atoms with Crippen molar-refractivity contribution >= 4 is 11.7 Å². The number of carbonyl (C=O) groups is 1. The summed E-state index contributed by atoms with van der Waals surface area (Å²) in [5.74, 6) is 1.54. The van der Waals surface area contributed by atoms with Crippen molar-refractivity contribution in [3.63, 3.8) is 0 Å². The third-order valence-electron chi connectivity index (χ3n) is 3.73. The first-order valence-electron chi connectivity index (χ1n) is 8.31. The van der Waals surface area contributed by atoms with E-state index in [-0.39, 0.29) is 6.03 Å². The van der Waals surface area contributed by atoms with Crippen molar-refractivity contribution in [1.82, 2.24) is 35.7 Å². The van der Waals surface area contributed by atoms with E-state index in [4.69, 9.17) is 9.26 Å². The zero-order valence-electron chi connectivity index (χ0n) is 15.2. The molecule has 142 valence electrons. The lowest BCUT2D eigenvalue weighted by atomic mass is 10.3. The van der Waals surface area contributed by atoms with Crippen LogP contribution in [0.25, 0.3) is 5.69 Å². The summed E-state index contributed by atoms with van der Waals surface area (Å²) in [6.07, 6.45) is 0.548. The van der Waals surface area contributed by atoms with Crippen molar-refractivity contribution in [1.29, 1.82) is 0 Å². The Hall–Kier alpha value is -3.34. The van der Waals surface area contributed by atoms with Crippen LogP contribution in [0.2, 0.25) is 0 Å². The molecular weight excluding hydrogens is 352 g/mol. The minimum absolute atomic E-state index is 0.334. The Morgan fingerprint density at radius 2 is 2.11 bits per heavy atom. The van der Waals surface area contributed by atoms with Crippen molar-refractivity contribution in [2.45, 2.75) is 26.3 Å². The van der Waals surface area contributed by atoms with Gasteiger partial charge in [0.05, 0.1) is 12.3 Å². The second-order valence-electron chi connectivity index (χ2n) is 5.80. The second kappa shape index (κ2) is 8.36. The van der Waals surface area contributed by atoms with Crippen LogP contribution in [0.4, 0.5) is 10.5 Å². The molecular formula is C16H20N8O3. The van der Waals surface area contributed by atoms with Gasteiger partial charge < -0.3 is 19.9 Å². The molecule has 2 heterocycles. The Bertz CT molecular complexity index is 889. The molecule has 11 heteroatoms. The van der Waals surface area contributed by atoms with Crippen LogP contribution in [0.3, 0.4) is 0 Å². The number of rotatable bonds is 7. The Kier molecular flexibility index (Phi) is 5.71. The average molecular weight is 372 g/mol. The zero-order valence-corrected chi connectivity index (χ0v) is 15.2. The quantitative estimate of drug-likeness (QED) is 0.636. The predicted molar refractivity (Wildman–Crippen MR) is 94.3 cm³/mol. The van der Waals surface area contributed by atoms with Crippen LogP contribution < -0.4 is 10.6 Å². The summed E-state index contributed by atoms with van der Waals surface area (Å²) < 4.78 is 11.7. The van der Waals surface area contributed by atoms with E-state index in [1.807, 2.05) is 12.1 Å². The fourth-order valence-corrected chi connectivity index (χ4v) is 2.32. The highest BCUT2D eigenvalue weighted by Crippen LogP contribution is 2.14. The molecule has 0 fully saturated rings. The van der Waals surface area contributed by atoms with E-state index in [0.717, 1.165) is 5.69 Å². The largest absolute Gasteiger partial charge is 0.384 e. The van der Waals surface area contributed by atoms with E-state index in [1.165, 1.54) is 0 Å². The number of carbonyl (C=O) groups excluding carboxylic acids is 1. The van der Waals surface area contributed by atoms with Gasteiger partial charge in [-0.3, -0.25) is 0 Å². The topological polar surface area (TPSA) is 133 Å². The molecule has 0 spiro atoms. The monoisotopic (exact) mass is 372 g/mol. The number of amides is 2. The number of tetrazole rings is 1. The Morgan fingerprint density at radius 1 is 1.33 bits per heavy atom. The molecule has 3 rings (SSSR count). The lowest BCUT2D eigenvalue weighted by Crippen LogP contribution is -2.31. The van der Waals surface area contributed by atoms with Gasteiger partial charge in [0.2, 0.25) is 5.89 Å². The molecule has 0 saturated carbocycles. The molecule has 0 saturated heterocycles. The van der Waals surface area contributed by atoms with Crippen LogP contribution in [0, 0.1) is 6.92 Å². The smallest absolute Gasteiger partial charge is 0.319 e. The minimum Gasteiger partial charge on any atom is -0.384 e. The second-order valence-corrected chi connectivity index (χ2v) is 5.80. The van der Waals surface area contributed by atoms with Crippen LogP contribution in [0.1, 0.15) is 30.5 Å². The maximum Gasteiger partial charge on any atom is 0.319 e. The van der Waals surface area contributed by atoms with Gasteiger partial charge >= 0.3 is 6.03 Å². The summed E-state index contributed by atoms with van der Waals surface area (Å²) >= 11 is 0. The maximum absolute atomic E-state index is 12.2. The highest BCUT2D eigenvalue weighted by Gasteiger charge is 2.16. The molecule has 2 amide bonds. The Labute approximate surface area is 155 Å². The normalized spacial score (nSPS) is 12.0. The van der Waals surface area contributed by atoms with Gasteiger partial charge in [-0.1, -0.05) is 5.16 Å². The number of urea groups is 1. The first kappa shape index (κ1) is 18.5. The number of methoxy groups -OCH3 is 1. The van der Waals surface area contributed by atoms with Gasteiger partial charge in [-0.2, -0.15) is 9.67 Å². The van der Waals surface area contributed by atoms with Crippen LogP contribution in [0.15, 0.2) is 28.8 Å². The fraction of sp³-hybridized carbons (Fsp3) is 0.375. The van der Waals surface area contributed by atoms with E-state index < -0.39 is 6.04 Å². The van der Waals surface area contributed by atoms with Gasteiger partial charge in [0, 0.05) is 19.2 Å². The molecule has 0 aliphatic rings. The molecule has 11 nitrogen and oxygen atoms in total. The fourth-order valence-electron chi connectivity index (χ4n) is 2.32. The highest BCUT2D eigenvalue weighted by molar-refractivity contribution is 5.89. The molecule has 3 aromatic rings. The average Bonchev–Trinajstić information content (AvgIpc) is 3.29. The van der Waals surface area contributed by atoms with Crippen LogP contribution >= 0.6 is 0 Å². The summed E-state index contributed by atoms with van der Waals surface area (Å²) in [5.41, 5.74) is 1.42. The van der Waals surface area contributed by atoms with Gasteiger partial charge in [-0.05, 0) is 48.5 Å².